The van der Waals surface area contributed by atoms with E-state index in [9.17, 15) is 4.79 Å². The first-order chi connectivity index (χ1) is 9.60. The molecular formula is C16H25ClN2O2. The molecule has 2 rings (SSSR count). The zero-order valence-electron chi connectivity index (χ0n) is 12.7. The van der Waals surface area contributed by atoms with Crippen molar-refractivity contribution in [2.75, 3.05) is 13.7 Å². The molecule has 0 radical (unpaired) electrons. The number of ether oxygens (including phenoxy) is 1. The van der Waals surface area contributed by atoms with Crippen LogP contribution in [-0.4, -0.2) is 25.1 Å². The predicted octanol–water partition coefficient (Wildman–Crippen LogP) is 2.61. The largest absolute Gasteiger partial charge is 0.497 e. The summed E-state index contributed by atoms with van der Waals surface area (Å²) in [7, 11) is 1.63. The van der Waals surface area contributed by atoms with E-state index in [2.05, 4.69) is 5.32 Å². The Morgan fingerprint density at radius 1 is 1.43 bits per heavy atom. The Morgan fingerprint density at radius 2 is 2.10 bits per heavy atom. The van der Waals surface area contributed by atoms with Gasteiger partial charge in [-0.05, 0) is 37.5 Å². The van der Waals surface area contributed by atoms with E-state index in [1.807, 2.05) is 31.2 Å². The summed E-state index contributed by atoms with van der Waals surface area (Å²) in [5, 5.41) is 3.17. The van der Waals surface area contributed by atoms with Crippen LogP contribution in [0.5, 0.6) is 5.75 Å². The molecule has 1 amide bonds. The van der Waals surface area contributed by atoms with Crippen molar-refractivity contribution in [1.29, 1.82) is 0 Å². The summed E-state index contributed by atoms with van der Waals surface area (Å²) in [5.74, 6) is 0.622. The van der Waals surface area contributed by atoms with Crippen molar-refractivity contribution in [1.82, 2.24) is 5.32 Å². The summed E-state index contributed by atoms with van der Waals surface area (Å²) >= 11 is 0. The van der Waals surface area contributed by atoms with Gasteiger partial charge >= 0.3 is 0 Å². The van der Waals surface area contributed by atoms with E-state index in [1.165, 1.54) is 0 Å². The molecule has 0 saturated heterocycles. The van der Waals surface area contributed by atoms with Crippen LogP contribution in [0.1, 0.15) is 44.1 Å². The highest BCUT2D eigenvalue weighted by molar-refractivity contribution is 5.85. The van der Waals surface area contributed by atoms with Gasteiger partial charge in [0, 0.05) is 6.54 Å². The molecule has 1 atom stereocenters. The second-order valence-corrected chi connectivity index (χ2v) is 5.68. The predicted molar refractivity (Wildman–Crippen MR) is 87.1 cm³/mol. The second kappa shape index (κ2) is 7.66. The lowest BCUT2D eigenvalue weighted by Crippen LogP contribution is -2.52. The summed E-state index contributed by atoms with van der Waals surface area (Å²) in [6.07, 6.45) is 4.26. The van der Waals surface area contributed by atoms with Gasteiger partial charge in [-0.3, -0.25) is 4.79 Å². The number of carbonyl (C=O) groups excluding carboxylic acids is 1. The Balaban J connectivity index is 0.00000220. The number of amides is 1. The number of rotatable bonds is 5. The number of hydrogen-bond acceptors (Lipinski definition) is 3. The van der Waals surface area contributed by atoms with Crippen LogP contribution in [0.15, 0.2) is 24.3 Å². The molecule has 3 N–H and O–H groups in total. The maximum absolute atomic E-state index is 12.5. The number of nitrogens with two attached hydrogens (primary N) is 1. The Labute approximate surface area is 132 Å². The van der Waals surface area contributed by atoms with Gasteiger partial charge < -0.3 is 15.8 Å². The minimum atomic E-state index is -0.200. The van der Waals surface area contributed by atoms with Crippen molar-refractivity contribution in [3.63, 3.8) is 0 Å². The molecule has 1 aromatic rings. The molecule has 1 unspecified atom stereocenters. The summed E-state index contributed by atoms with van der Waals surface area (Å²) in [6, 6.07) is 7.66. The normalized spacial score (nSPS) is 17.7. The van der Waals surface area contributed by atoms with Gasteiger partial charge in [0.25, 0.3) is 0 Å². The molecule has 1 fully saturated rings. The summed E-state index contributed by atoms with van der Waals surface area (Å²) in [4.78, 5) is 12.5. The highest BCUT2D eigenvalue weighted by atomic mass is 35.5. The van der Waals surface area contributed by atoms with Crippen molar-refractivity contribution >= 4 is 18.3 Å². The van der Waals surface area contributed by atoms with Gasteiger partial charge in [0.15, 0.2) is 0 Å². The average molecular weight is 313 g/mol. The van der Waals surface area contributed by atoms with Crippen LogP contribution in [0.25, 0.3) is 0 Å². The third kappa shape index (κ3) is 4.11. The van der Waals surface area contributed by atoms with Gasteiger partial charge in [-0.2, -0.15) is 0 Å². The minimum Gasteiger partial charge on any atom is -0.497 e. The molecule has 21 heavy (non-hydrogen) atoms. The Kier molecular flexibility index (Phi) is 6.49. The maximum atomic E-state index is 12.5. The fourth-order valence-electron chi connectivity index (χ4n) is 2.86. The topological polar surface area (TPSA) is 64.3 Å². The lowest BCUT2D eigenvalue weighted by molar-refractivity contribution is -0.124. The molecule has 0 bridgehead atoms. The zero-order chi connectivity index (χ0) is 14.6. The number of methoxy groups -OCH3 is 1. The van der Waals surface area contributed by atoms with Gasteiger partial charge in [-0.15, -0.1) is 12.4 Å². The molecule has 0 heterocycles. The fourth-order valence-corrected chi connectivity index (χ4v) is 2.86. The van der Waals surface area contributed by atoms with Crippen LogP contribution >= 0.6 is 12.4 Å². The Hall–Kier alpha value is -1.26. The SMILES string of the molecule is COc1cccc(C(C)C(=O)NC2(CN)CCCC2)c1.Cl. The number of benzene rings is 1. The van der Waals surface area contributed by atoms with Crippen LogP contribution in [-0.2, 0) is 4.79 Å². The molecule has 0 spiro atoms. The lowest BCUT2D eigenvalue weighted by atomic mass is 9.94. The van der Waals surface area contributed by atoms with Crippen LogP contribution in [0, 0.1) is 0 Å². The quantitative estimate of drug-likeness (QED) is 0.878. The number of halogens is 1. The van der Waals surface area contributed by atoms with E-state index < -0.39 is 0 Å². The van der Waals surface area contributed by atoms with Crippen molar-refractivity contribution in [3.8, 4) is 5.75 Å². The van der Waals surface area contributed by atoms with Crippen LogP contribution < -0.4 is 15.8 Å². The minimum absolute atomic E-state index is 0. The van der Waals surface area contributed by atoms with Crippen LogP contribution in [0.3, 0.4) is 0 Å². The van der Waals surface area contributed by atoms with E-state index >= 15 is 0 Å². The summed E-state index contributed by atoms with van der Waals surface area (Å²) < 4.78 is 5.21. The number of carbonyl (C=O) groups is 1. The molecule has 0 aromatic heterocycles. The maximum Gasteiger partial charge on any atom is 0.227 e. The number of hydrogen-bond donors (Lipinski definition) is 2. The van der Waals surface area contributed by atoms with E-state index in [-0.39, 0.29) is 29.8 Å². The first-order valence-corrected chi connectivity index (χ1v) is 7.26. The number of nitrogens with one attached hydrogen (secondary N) is 1. The standard InChI is InChI=1S/C16H24N2O2.ClH/c1-12(13-6-5-7-14(10-13)20-2)15(19)18-16(11-17)8-3-4-9-16;/h5-7,10,12H,3-4,8-9,11,17H2,1-2H3,(H,18,19);1H. The first-order valence-electron chi connectivity index (χ1n) is 7.26. The zero-order valence-corrected chi connectivity index (χ0v) is 13.5. The van der Waals surface area contributed by atoms with E-state index in [1.54, 1.807) is 7.11 Å². The second-order valence-electron chi connectivity index (χ2n) is 5.68. The first kappa shape index (κ1) is 17.8. The van der Waals surface area contributed by atoms with Crippen LogP contribution in [0.4, 0.5) is 0 Å². The van der Waals surface area contributed by atoms with E-state index in [0.717, 1.165) is 37.0 Å². The molecular weight excluding hydrogens is 288 g/mol. The molecule has 1 saturated carbocycles. The molecule has 118 valence electrons. The Morgan fingerprint density at radius 3 is 2.67 bits per heavy atom. The van der Waals surface area contributed by atoms with Gasteiger partial charge in [-0.25, -0.2) is 0 Å². The third-order valence-corrected chi connectivity index (χ3v) is 4.33. The van der Waals surface area contributed by atoms with Gasteiger partial charge in [0.05, 0.1) is 18.6 Å². The van der Waals surface area contributed by atoms with Gasteiger partial charge in [0.1, 0.15) is 5.75 Å². The molecule has 5 heteroatoms. The highest BCUT2D eigenvalue weighted by Crippen LogP contribution is 2.30. The van der Waals surface area contributed by atoms with Crippen molar-refractivity contribution in [3.05, 3.63) is 29.8 Å². The molecule has 1 aliphatic rings. The molecule has 1 aliphatic carbocycles. The fraction of sp³-hybridized carbons (Fsp3) is 0.562. The van der Waals surface area contributed by atoms with Gasteiger partial charge in [0.2, 0.25) is 5.91 Å². The molecule has 4 nitrogen and oxygen atoms in total. The lowest BCUT2D eigenvalue weighted by Gasteiger charge is -2.30. The van der Waals surface area contributed by atoms with Gasteiger partial charge in [-0.1, -0.05) is 25.0 Å². The summed E-state index contributed by atoms with van der Waals surface area (Å²) in [6.45, 7) is 2.44. The van der Waals surface area contributed by atoms with Crippen molar-refractivity contribution < 1.29 is 9.53 Å². The molecule has 1 aromatic carbocycles. The van der Waals surface area contributed by atoms with E-state index in [4.69, 9.17) is 10.5 Å². The monoisotopic (exact) mass is 312 g/mol. The third-order valence-electron chi connectivity index (χ3n) is 4.33. The Bertz CT molecular complexity index is 473. The summed E-state index contributed by atoms with van der Waals surface area (Å²) in [5.41, 5.74) is 6.64. The van der Waals surface area contributed by atoms with Crippen molar-refractivity contribution in [2.24, 2.45) is 5.73 Å². The van der Waals surface area contributed by atoms with Crippen molar-refractivity contribution in [2.45, 2.75) is 44.1 Å². The smallest absolute Gasteiger partial charge is 0.227 e. The molecule has 0 aliphatic heterocycles. The highest BCUT2D eigenvalue weighted by Gasteiger charge is 2.35. The average Bonchev–Trinajstić information content (AvgIpc) is 2.95. The van der Waals surface area contributed by atoms with E-state index in [0.29, 0.717) is 6.54 Å². The van der Waals surface area contributed by atoms with Crippen LogP contribution in [0.2, 0.25) is 0 Å².